The molecule has 0 spiro atoms. The van der Waals surface area contributed by atoms with Crippen LogP contribution in [0.1, 0.15) is 39.0 Å². The molecular formula is C12H24N2O2S. The van der Waals surface area contributed by atoms with Crippen LogP contribution in [-0.2, 0) is 10.0 Å². The molecule has 2 rings (SSSR count). The molecule has 2 N–H and O–H groups in total. The Bertz CT molecular complexity index is 336. The second kappa shape index (κ2) is 5.67. The van der Waals surface area contributed by atoms with Crippen molar-refractivity contribution in [1.82, 2.24) is 10.0 Å². The van der Waals surface area contributed by atoms with E-state index in [4.69, 9.17) is 0 Å². The highest BCUT2D eigenvalue weighted by Crippen LogP contribution is 2.29. The fourth-order valence-electron chi connectivity index (χ4n) is 2.97. The van der Waals surface area contributed by atoms with Crippen LogP contribution in [0.2, 0.25) is 0 Å². The van der Waals surface area contributed by atoms with Gasteiger partial charge in [0, 0.05) is 6.54 Å². The number of hydrogen-bond acceptors (Lipinski definition) is 3. The summed E-state index contributed by atoms with van der Waals surface area (Å²) in [4.78, 5) is 0. The van der Waals surface area contributed by atoms with Crippen molar-refractivity contribution in [3.05, 3.63) is 0 Å². The van der Waals surface area contributed by atoms with Gasteiger partial charge in [0.15, 0.2) is 0 Å². The molecule has 1 heterocycles. The lowest BCUT2D eigenvalue weighted by Crippen LogP contribution is -2.42. The lowest BCUT2D eigenvalue weighted by atomic mass is 10.1. The van der Waals surface area contributed by atoms with Crippen molar-refractivity contribution in [2.75, 3.05) is 19.6 Å². The molecular weight excluding hydrogens is 236 g/mol. The van der Waals surface area contributed by atoms with Crippen molar-refractivity contribution in [1.29, 1.82) is 0 Å². The zero-order valence-corrected chi connectivity index (χ0v) is 11.4. The Kier molecular flexibility index (Phi) is 4.44. The van der Waals surface area contributed by atoms with Gasteiger partial charge in [0.05, 0.1) is 5.25 Å². The average Bonchev–Trinajstić information content (AvgIpc) is 2.74. The second-order valence-corrected chi connectivity index (χ2v) is 7.67. The molecule has 1 saturated heterocycles. The summed E-state index contributed by atoms with van der Waals surface area (Å²) < 4.78 is 27.0. The number of hydrogen-bond donors (Lipinski definition) is 2. The van der Waals surface area contributed by atoms with Gasteiger partial charge in [0.1, 0.15) is 0 Å². The van der Waals surface area contributed by atoms with Crippen LogP contribution in [0.4, 0.5) is 0 Å². The minimum absolute atomic E-state index is 0.178. The van der Waals surface area contributed by atoms with Crippen LogP contribution in [0.15, 0.2) is 0 Å². The summed E-state index contributed by atoms with van der Waals surface area (Å²) in [7, 11) is -3.08. The fraction of sp³-hybridized carbons (Fsp3) is 1.00. The fourth-order valence-corrected chi connectivity index (χ4v) is 4.53. The Morgan fingerprint density at radius 2 is 1.88 bits per heavy atom. The van der Waals surface area contributed by atoms with E-state index in [0.29, 0.717) is 12.5 Å². The van der Waals surface area contributed by atoms with E-state index in [9.17, 15) is 8.42 Å². The minimum Gasteiger partial charge on any atom is -0.317 e. The van der Waals surface area contributed by atoms with E-state index < -0.39 is 10.0 Å². The van der Waals surface area contributed by atoms with Crippen molar-refractivity contribution >= 4 is 10.0 Å². The third-order valence-electron chi connectivity index (χ3n) is 4.10. The van der Waals surface area contributed by atoms with Gasteiger partial charge in [-0.2, -0.15) is 0 Å². The van der Waals surface area contributed by atoms with Gasteiger partial charge >= 0.3 is 0 Å². The molecule has 4 nitrogen and oxygen atoms in total. The molecule has 1 saturated carbocycles. The first-order chi connectivity index (χ1) is 8.08. The van der Waals surface area contributed by atoms with Crippen LogP contribution in [0.3, 0.4) is 0 Å². The molecule has 0 aromatic heterocycles. The Balaban J connectivity index is 1.80. The highest BCUT2D eigenvalue weighted by molar-refractivity contribution is 7.90. The maximum atomic E-state index is 12.1. The molecule has 17 heavy (non-hydrogen) atoms. The summed E-state index contributed by atoms with van der Waals surface area (Å²) in [6.45, 7) is 4.55. The van der Waals surface area contributed by atoms with Gasteiger partial charge in [0.2, 0.25) is 10.0 Å². The molecule has 0 aromatic carbocycles. The van der Waals surface area contributed by atoms with E-state index in [0.717, 1.165) is 31.8 Å². The van der Waals surface area contributed by atoms with E-state index in [1.165, 1.54) is 19.3 Å². The van der Waals surface area contributed by atoms with Gasteiger partial charge in [-0.15, -0.1) is 0 Å². The average molecular weight is 260 g/mol. The maximum Gasteiger partial charge on any atom is 0.214 e. The van der Waals surface area contributed by atoms with Gasteiger partial charge in [-0.3, -0.25) is 0 Å². The van der Waals surface area contributed by atoms with E-state index in [1.807, 2.05) is 0 Å². The molecule has 2 atom stereocenters. The molecule has 0 aromatic rings. The molecule has 100 valence electrons. The van der Waals surface area contributed by atoms with Crippen LogP contribution >= 0.6 is 0 Å². The van der Waals surface area contributed by atoms with Gasteiger partial charge in [-0.1, -0.05) is 13.3 Å². The van der Waals surface area contributed by atoms with Gasteiger partial charge in [0.25, 0.3) is 0 Å². The maximum absolute atomic E-state index is 12.1. The number of piperidine rings is 1. The summed E-state index contributed by atoms with van der Waals surface area (Å²) in [5, 5.41) is 3.02. The Morgan fingerprint density at radius 3 is 2.47 bits per heavy atom. The largest absolute Gasteiger partial charge is 0.317 e. The standard InChI is InChI=1S/C12H24N2O2S/c1-10-2-3-11(8-10)9-14-17(15,16)12-4-6-13-7-5-12/h10-14H,2-9H2,1H3. The predicted octanol–water partition coefficient (Wildman–Crippen LogP) is 1.09. The van der Waals surface area contributed by atoms with Crippen molar-refractivity contribution < 1.29 is 8.42 Å². The van der Waals surface area contributed by atoms with Crippen LogP contribution in [0.5, 0.6) is 0 Å². The van der Waals surface area contributed by atoms with Crippen LogP contribution in [0, 0.1) is 11.8 Å². The summed E-state index contributed by atoms with van der Waals surface area (Å²) >= 11 is 0. The van der Waals surface area contributed by atoms with E-state index in [-0.39, 0.29) is 5.25 Å². The molecule has 0 radical (unpaired) electrons. The second-order valence-electron chi connectivity index (χ2n) is 5.63. The van der Waals surface area contributed by atoms with E-state index >= 15 is 0 Å². The molecule has 0 amide bonds. The van der Waals surface area contributed by atoms with E-state index in [2.05, 4.69) is 17.0 Å². The molecule has 0 bridgehead atoms. The van der Waals surface area contributed by atoms with Crippen LogP contribution in [-0.4, -0.2) is 33.3 Å². The zero-order chi connectivity index (χ0) is 12.3. The topological polar surface area (TPSA) is 58.2 Å². The third kappa shape index (κ3) is 3.66. The molecule has 2 unspecified atom stereocenters. The van der Waals surface area contributed by atoms with Crippen molar-refractivity contribution in [2.24, 2.45) is 11.8 Å². The number of sulfonamides is 1. The smallest absolute Gasteiger partial charge is 0.214 e. The summed E-state index contributed by atoms with van der Waals surface area (Å²) in [5.41, 5.74) is 0. The first-order valence-electron chi connectivity index (χ1n) is 6.77. The van der Waals surface area contributed by atoms with Crippen molar-refractivity contribution in [3.8, 4) is 0 Å². The Morgan fingerprint density at radius 1 is 1.18 bits per heavy atom. The SMILES string of the molecule is CC1CCC(CNS(=O)(=O)C2CCNCC2)C1. The first-order valence-corrected chi connectivity index (χ1v) is 8.32. The zero-order valence-electron chi connectivity index (χ0n) is 10.6. The van der Waals surface area contributed by atoms with Crippen molar-refractivity contribution in [3.63, 3.8) is 0 Å². The van der Waals surface area contributed by atoms with Gasteiger partial charge in [-0.25, -0.2) is 13.1 Å². The third-order valence-corrected chi connectivity index (χ3v) is 6.02. The molecule has 5 heteroatoms. The molecule has 2 aliphatic rings. The van der Waals surface area contributed by atoms with Crippen LogP contribution in [0.25, 0.3) is 0 Å². The highest BCUT2D eigenvalue weighted by atomic mass is 32.2. The Hall–Kier alpha value is -0.130. The summed E-state index contributed by atoms with van der Waals surface area (Å²) in [5.74, 6) is 1.32. The van der Waals surface area contributed by atoms with Crippen molar-refractivity contribution in [2.45, 2.75) is 44.3 Å². The minimum atomic E-state index is -3.08. The molecule has 2 fully saturated rings. The summed E-state index contributed by atoms with van der Waals surface area (Å²) in [6, 6.07) is 0. The highest BCUT2D eigenvalue weighted by Gasteiger charge is 2.28. The first kappa shape index (κ1) is 13.3. The van der Waals surface area contributed by atoms with Gasteiger partial charge < -0.3 is 5.32 Å². The van der Waals surface area contributed by atoms with Crippen LogP contribution < -0.4 is 10.0 Å². The normalized spacial score (nSPS) is 31.8. The number of nitrogens with one attached hydrogen (secondary N) is 2. The molecule has 1 aliphatic carbocycles. The van der Waals surface area contributed by atoms with Gasteiger partial charge in [-0.05, 0) is 50.6 Å². The lowest BCUT2D eigenvalue weighted by molar-refractivity contribution is 0.471. The quantitative estimate of drug-likeness (QED) is 0.795. The monoisotopic (exact) mass is 260 g/mol. The Labute approximate surface area is 105 Å². The number of rotatable bonds is 4. The predicted molar refractivity (Wildman–Crippen MR) is 69.3 cm³/mol. The lowest BCUT2D eigenvalue weighted by Gasteiger charge is -2.23. The summed E-state index contributed by atoms with van der Waals surface area (Å²) in [6.07, 6.45) is 5.09. The van der Waals surface area contributed by atoms with E-state index in [1.54, 1.807) is 0 Å². The molecule has 1 aliphatic heterocycles.